The average molecular weight is 228 g/mol. The lowest BCUT2D eigenvalue weighted by atomic mass is 9.74. The number of carbonyl (C=O) groups is 1. The quantitative estimate of drug-likeness (QED) is 0.493. The predicted octanol–water partition coefficient (Wildman–Crippen LogP) is 1.14. The zero-order valence-corrected chi connectivity index (χ0v) is 9.51. The van der Waals surface area contributed by atoms with Crippen LogP contribution in [0.3, 0.4) is 0 Å². The molecule has 0 unspecified atom stereocenters. The first-order chi connectivity index (χ1) is 8.17. The van der Waals surface area contributed by atoms with Gasteiger partial charge in [0.2, 0.25) is 0 Å². The second-order valence-electron chi connectivity index (χ2n) is 4.76. The van der Waals surface area contributed by atoms with Gasteiger partial charge in [0.15, 0.2) is 5.41 Å². The Morgan fingerprint density at radius 3 is 3.06 bits per heavy atom. The summed E-state index contributed by atoms with van der Waals surface area (Å²) < 4.78 is 5.30. The summed E-state index contributed by atoms with van der Waals surface area (Å²) in [5.74, 6) is 0.117. The normalized spacial score (nSPS) is 31.3. The van der Waals surface area contributed by atoms with Crippen LogP contribution in [0.5, 0.6) is 5.75 Å². The number of nitrogens with zero attached hydrogens (tertiary/aromatic N) is 2. The highest BCUT2D eigenvalue weighted by Gasteiger charge is 2.57. The van der Waals surface area contributed by atoms with Gasteiger partial charge in [-0.05, 0) is 13.1 Å². The molecule has 0 spiro atoms. The molecular formula is C13H12N2O2. The molecule has 0 saturated carbocycles. The topological polar surface area (TPSA) is 53.3 Å². The van der Waals surface area contributed by atoms with E-state index in [4.69, 9.17) is 4.74 Å². The maximum Gasteiger partial charge on any atom is 0.333 e. The van der Waals surface area contributed by atoms with Crippen molar-refractivity contribution in [2.24, 2.45) is 5.41 Å². The molecule has 4 heteroatoms. The maximum absolute atomic E-state index is 12.1. The fourth-order valence-electron chi connectivity index (χ4n) is 2.85. The van der Waals surface area contributed by atoms with E-state index >= 15 is 0 Å². The Kier molecular flexibility index (Phi) is 2.01. The van der Waals surface area contributed by atoms with Crippen molar-refractivity contribution in [3.8, 4) is 11.8 Å². The van der Waals surface area contributed by atoms with Gasteiger partial charge in [0, 0.05) is 24.6 Å². The Bertz CT molecular complexity index is 534. The van der Waals surface area contributed by atoms with Crippen LogP contribution in [0.2, 0.25) is 0 Å². The van der Waals surface area contributed by atoms with Crippen LogP contribution < -0.4 is 4.74 Å². The molecule has 0 aromatic heterocycles. The fourth-order valence-corrected chi connectivity index (χ4v) is 2.85. The van der Waals surface area contributed by atoms with Gasteiger partial charge in [-0.2, -0.15) is 5.26 Å². The van der Waals surface area contributed by atoms with E-state index in [1.807, 2.05) is 30.1 Å². The number of likely N-dealkylation sites (tertiary alicyclic amines) is 1. The number of fused-ring (bicyclic) bond motifs is 3. The molecular weight excluding hydrogens is 216 g/mol. The van der Waals surface area contributed by atoms with E-state index in [0.717, 1.165) is 12.1 Å². The van der Waals surface area contributed by atoms with Gasteiger partial charge < -0.3 is 9.64 Å². The predicted molar refractivity (Wildman–Crippen MR) is 60.4 cm³/mol. The molecule has 0 amide bonds. The van der Waals surface area contributed by atoms with Crippen LogP contribution in [-0.4, -0.2) is 31.0 Å². The molecule has 2 aliphatic heterocycles. The number of esters is 1. The van der Waals surface area contributed by atoms with E-state index in [9.17, 15) is 10.1 Å². The summed E-state index contributed by atoms with van der Waals surface area (Å²) >= 11 is 0. The molecule has 4 nitrogen and oxygen atoms in total. The van der Waals surface area contributed by atoms with Gasteiger partial charge in [-0.15, -0.1) is 0 Å². The van der Waals surface area contributed by atoms with Gasteiger partial charge in [-0.3, -0.25) is 0 Å². The molecule has 86 valence electrons. The van der Waals surface area contributed by atoms with Crippen LogP contribution in [0.15, 0.2) is 24.3 Å². The standard InChI is InChI=1S/C13H12N2O2/c1-15-6-10-9-4-2-3-5-11(9)17-12(16)13(10,7-14)8-15/h2-5,10H,6,8H2,1H3/t10-,13-/m1/s1. The highest BCUT2D eigenvalue weighted by molar-refractivity contribution is 5.87. The molecule has 2 atom stereocenters. The van der Waals surface area contributed by atoms with Crippen molar-refractivity contribution in [1.82, 2.24) is 4.90 Å². The van der Waals surface area contributed by atoms with Crippen molar-refractivity contribution in [3.63, 3.8) is 0 Å². The van der Waals surface area contributed by atoms with E-state index in [0.29, 0.717) is 12.3 Å². The highest BCUT2D eigenvalue weighted by Crippen LogP contribution is 2.49. The Labute approximate surface area is 99.4 Å². The minimum Gasteiger partial charge on any atom is -0.425 e. The van der Waals surface area contributed by atoms with E-state index < -0.39 is 11.4 Å². The number of ether oxygens (including phenoxy) is 1. The van der Waals surface area contributed by atoms with Crippen LogP contribution in [0, 0.1) is 16.7 Å². The summed E-state index contributed by atoms with van der Waals surface area (Å²) in [6.45, 7) is 1.17. The lowest BCUT2D eigenvalue weighted by Gasteiger charge is -2.31. The molecule has 0 radical (unpaired) electrons. The lowest BCUT2D eigenvalue weighted by Crippen LogP contribution is -2.42. The molecule has 1 aromatic carbocycles. The van der Waals surface area contributed by atoms with Crippen molar-refractivity contribution < 1.29 is 9.53 Å². The van der Waals surface area contributed by atoms with Crippen molar-refractivity contribution in [2.75, 3.05) is 20.1 Å². The summed E-state index contributed by atoms with van der Waals surface area (Å²) in [5.41, 5.74) is -0.0543. The summed E-state index contributed by atoms with van der Waals surface area (Å²) in [5, 5.41) is 9.39. The number of carbonyl (C=O) groups excluding carboxylic acids is 1. The van der Waals surface area contributed by atoms with Crippen LogP contribution >= 0.6 is 0 Å². The first kappa shape index (κ1) is 10.3. The number of para-hydroxylation sites is 1. The van der Waals surface area contributed by atoms with E-state index in [1.165, 1.54) is 0 Å². The zero-order valence-electron chi connectivity index (χ0n) is 9.51. The van der Waals surface area contributed by atoms with Gasteiger partial charge >= 0.3 is 5.97 Å². The molecule has 3 rings (SSSR count). The summed E-state index contributed by atoms with van der Waals surface area (Å²) in [6, 6.07) is 9.66. The van der Waals surface area contributed by atoms with Crippen LogP contribution in [0.1, 0.15) is 11.5 Å². The Morgan fingerprint density at radius 1 is 1.53 bits per heavy atom. The Morgan fingerprint density at radius 2 is 2.29 bits per heavy atom. The van der Waals surface area contributed by atoms with Gasteiger partial charge in [0.05, 0.1) is 6.07 Å². The molecule has 1 fully saturated rings. The molecule has 1 aromatic rings. The molecule has 0 N–H and O–H groups in total. The Balaban J connectivity index is 2.19. The van der Waals surface area contributed by atoms with Crippen LogP contribution in [-0.2, 0) is 4.79 Å². The third-order valence-electron chi connectivity index (χ3n) is 3.67. The molecule has 0 aliphatic carbocycles. The minimum absolute atomic E-state index is 0.0741. The smallest absolute Gasteiger partial charge is 0.333 e. The third kappa shape index (κ3) is 1.23. The zero-order chi connectivity index (χ0) is 12.0. The minimum atomic E-state index is -1.02. The van der Waals surface area contributed by atoms with Crippen molar-refractivity contribution in [3.05, 3.63) is 29.8 Å². The van der Waals surface area contributed by atoms with Gasteiger partial charge in [-0.1, -0.05) is 18.2 Å². The second-order valence-corrected chi connectivity index (χ2v) is 4.76. The highest BCUT2D eigenvalue weighted by atomic mass is 16.5. The van der Waals surface area contributed by atoms with E-state index in [1.54, 1.807) is 6.07 Å². The van der Waals surface area contributed by atoms with Gasteiger partial charge in [0.25, 0.3) is 0 Å². The lowest BCUT2D eigenvalue weighted by molar-refractivity contribution is -0.144. The summed E-state index contributed by atoms with van der Waals surface area (Å²) in [6.07, 6.45) is 0. The number of hydrogen-bond donors (Lipinski definition) is 0. The Hall–Kier alpha value is -1.86. The molecule has 2 heterocycles. The van der Waals surface area contributed by atoms with Gasteiger partial charge in [-0.25, -0.2) is 4.79 Å². The first-order valence-corrected chi connectivity index (χ1v) is 5.58. The first-order valence-electron chi connectivity index (χ1n) is 5.58. The van der Waals surface area contributed by atoms with Crippen molar-refractivity contribution >= 4 is 5.97 Å². The number of benzene rings is 1. The van der Waals surface area contributed by atoms with Crippen molar-refractivity contribution in [1.29, 1.82) is 5.26 Å². The van der Waals surface area contributed by atoms with E-state index in [-0.39, 0.29) is 5.92 Å². The fraction of sp³-hybridized carbons (Fsp3) is 0.385. The average Bonchev–Trinajstić information content (AvgIpc) is 2.68. The number of likely N-dealkylation sites (N-methyl/N-ethyl adjacent to an activating group) is 1. The molecule has 2 aliphatic rings. The number of rotatable bonds is 0. The van der Waals surface area contributed by atoms with Crippen molar-refractivity contribution in [2.45, 2.75) is 5.92 Å². The largest absolute Gasteiger partial charge is 0.425 e. The summed E-state index contributed by atoms with van der Waals surface area (Å²) in [7, 11) is 1.92. The number of nitriles is 1. The number of hydrogen-bond acceptors (Lipinski definition) is 4. The molecule has 1 saturated heterocycles. The van der Waals surface area contributed by atoms with E-state index in [2.05, 4.69) is 6.07 Å². The van der Waals surface area contributed by atoms with Crippen LogP contribution in [0.4, 0.5) is 0 Å². The summed E-state index contributed by atoms with van der Waals surface area (Å²) in [4.78, 5) is 14.1. The molecule has 0 bridgehead atoms. The SMILES string of the molecule is CN1C[C@@H]2c3ccccc3OC(=O)[C@]2(C#N)C1. The van der Waals surface area contributed by atoms with Gasteiger partial charge in [0.1, 0.15) is 5.75 Å². The third-order valence-corrected chi connectivity index (χ3v) is 3.67. The maximum atomic E-state index is 12.1. The monoisotopic (exact) mass is 228 g/mol. The molecule has 17 heavy (non-hydrogen) atoms. The second kappa shape index (κ2) is 3.31. The van der Waals surface area contributed by atoms with Crippen LogP contribution in [0.25, 0.3) is 0 Å².